The van der Waals surface area contributed by atoms with E-state index in [4.69, 9.17) is 0 Å². The molecule has 0 bridgehead atoms. The fourth-order valence-corrected chi connectivity index (χ4v) is 4.09. The van der Waals surface area contributed by atoms with Crippen LogP contribution in [0.25, 0.3) is 33.5 Å². The highest BCUT2D eigenvalue weighted by Crippen LogP contribution is 2.35. The number of aromatic nitrogens is 4. The third-order valence-corrected chi connectivity index (χ3v) is 5.66. The molecule has 2 aromatic carbocycles. The highest BCUT2D eigenvalue weighted by molar-refractivity contribution is 5.93. The number of rotatable bonds is 2. The van der Waals surface area contributed by atoms with Gasteiger partial charge in [-0.25, -0.2) is 4.98 Å². The van der Waals surface area contributed by atoms with Crippen LogP contribution in [-0.4, -0.2) is 39.4 Å². The van der Waals surface area contributed by atoms with Crippen LogP contribution in [0.15, 0.2) is 36.4 Å². The SMILES string of the molecule is Cc1ccc2[nH]nc(-c3nc4ccc(N5CCCC(C(F)(F)F)C5)cc4[nH]3)c2c1. The summed E-state index contributed by atoms with van der Waals surface area (Å²) >= 11 is 0. The number of hydrogen-bond acceptors (Lipinski definition) is 3. The summed E-state index contributed by atoms with van der Waals surface area (Å²) in [5.41, 5.74) is 5.12. The average Bonchev–Trinajstić information content (AvgIpc) is 3.30. The molecule has 0 radical (unpaired) electrons. The van der Waals surface area contributed by atoms with Gasteiger partial charge in [-0.2, -0.15) is 18.3 Å². The Morgan fingerprint density at radius 2 is 1.97 bits per heavy atom. The Balaban J connectivity index is 1.49. The number of anilines is 1. The van der Waals surface area contributed by atoms with Gasteiger partial charge in [0.15, 0.2) is 5.82 Å². The molecule has 0 aliphatic carbocycles. The first-order valence-electron chi connectivity index (χ1n) is 9.65. The van der Waals surface area contributed by atoms with Gasteiger partial charge in [0.25, 0.3) is 0 Å². The molecule has 0 spiro atoms. The summed E-state index contributed by atoms with van der Waals surface area (Å²) in [5, 5.41) is 8.39. The predicted octanol–water partition coefficient (Wildman–Crippen LogP) is 5.19. The lowest BCUT2D eigenvalue weighted by Gasteiger charge is -2.35. The van der Waals surface area contributed by atoms with E-state index < -0.39 is 12.1 Å². The normalized spacial score (nSPS) is 18.1. The zero-order valence-electron chi connectivity index (χ0n) is 15.8. The molecule has 8 heteroatoms. The topological polar surface area (TPSA) is 60.6 Å². The van der Waals surface area contributed by atoms with Crippen LogP contribution in [0.5, 0.6) is 0 Å². The molecule has 1 saturated heterocycles. The third-order valence-electron chi connectivity index (χ3n) is 5.66. The summed E-state index contributed by atoms with van der Waals surface area (Å²) in [6.07, 6.45) is -3.42. The molecule has 0 amide bonds. The lowest BCUT2D eigenvalue weighted by Crippen LogP contribution is -2.41. The molecule has 4 aromatic rings. The van der Waals surface area contributed by atoms with E-state index >= 15 is 0 Å². The Morgan fingerprint density at radius 1 is 1.10 bits per heavy atom. The molecular formula is C21H20F3N5. The van der Waals surface area contributed by atoms with Gasteiger partial charge in [-0.3, -0.25) is 5.10 Å². The minimum Gasteiger partial charge on any atom is -0.371 e. The molecule has 1 aliphatic heterocycles. The number of imidazole rings is 1. The number of aromatic amines is 2. The molecule has 150 valence electrons. The van der Waals surface area contributed by atoms with Crippen LogP contribution in [0.3, 0.4) is 0 Å². The van der Waals surface area contributed by atoms with E-state index in [1.54, 1.807) is 0 Å². The maximum Gasteiger partial charge on any atom is 0.393 e. The van der Waals surface area contributed by atoms with Crippen molar-refractivity contribution < 1.29 is 13.2 Å². The molecule has 1 aliphatic rings. The summed E-state index contributed by atoms with van der Waals surface area (Å²) < 4.78 is 39.4. The first kappa shape index (κ1) is 18.0. The predicted molar refractivity (Wildman–Crippen MR) is 107 cm³/mol. The fourth-order valence-electron chi connectivity index (χ4n) is 4.09. The lowest BCUT2D eigenvalue weighted by molar-refractivity contribution is -0.175. The van der Waals surface area contributed by atoms with Crippen molar-refractivity contribution in [3.05, 3.63) is 42.0 Å². The number of H-pyrrole nitrogens is 2. The Kier molecular flexibility index (Phi) is 4.04. The number of piperidine rings is 1. The van der Waals surface area contributed by atoms with Gasteiger partial charge in [-0.15, -0.1) is 0 Å². The Hall–Kier alpha value is -3.03. The second-order valence-electron chi connectivity index (χ2n) is 7.73. The Labute approximate surface area is 164 Å². The Bertz CT molecular complexity index is 1190. The van der Waals surface area contributed by atoms with Gasteiger partial charge < -0.3 is 9.88 Å². The van der Waals surface area contributed by atoms with E-state index in [0.717, 1.165) is 38.9 Å². The molecule has 1 atom stereocenters. The molecule has 5 nitrogen and oxygen atoms in total. The minimum atomic E-state index is -4.15. The van der Waals surface area contributed by atoms with E-state index in [-0.39, 0.29) is 13.0 Å². The van der Waals surface area contributed by atoms with Crippen molar-refractivity contribution in [2.75, 3.05) is 18.0 Å². The van der Waals surface area contributed by atoms with Gasteiger partial charge >= 0.3 is 6.18 Å². The zero-order valence-corrected chi connectivity index (χ0v) is 15.8. The number of benzene rings is 2. The van der Waals surface area contributed by atoms with Crippen molar-refractivity contribution in [3.8, 4) is 11.5 Å². The van der Waals surface area contributed by atoms with E-state index in [1.165, 1.54) is 0 Å². The van der Waals surface area contributed by atoms with E-state index in [1.807, 2.05) is 42.2 Å². The van der Waals surface area contributed by atoms with Gasteiger partial charge in [-0.05, 0) is 50.1 Å². The monoisotopic (exact) mass is 399 g/mol. The van der Waals surface area contributed by atoms with Gasteiger partial charge in [-0.1, -0.05) is 11.6 Å². The largest absolute Gasteiger partial charge is 0.393 e. The maximum atomic E-state index is 13.1. The van der Waals surface area contributed by atoms with Crippen LogP contribution in [0, 0.1) is 12.8 Å². The van der Waals surface area contributed by atoms with Gasteiger partial charge in [0, 0.05) is 24.2 Å². The van der Waals surface area contributed by atoms with Crippen molar-refractivity contribution >= 4 is 27.6 Å². The molecule has 2 aromatic heterocycles. The number of halogens is 3. The maximum absolute atomic E-state index is 13.1. The van der Waals surface area contributed by atoms with Crippen molar-refractivity contribution in [1.29, 1.82) is 0 Å². The van der Waals surface area contributed by atoms with Gasteiger partial charge in [0.05, 0.1) is 22.5 Å². The number of aryl methyl sites for hydroxylation is 1. The molecule has 2 N–H and O–H groups in total. The van der Waals surface area contributed by atoms with Gasteiger partial charge in [0.2, 0.25) is 0 Å². The van der Waals surface area contributed by atoms with Crippen molar-refractivity contribution in [2.24, 2.45) is 5.92 Å². The molecular weight excluding hydrogens is 379 g/mol. The average molecular weight is 399 g/mol. The first-order chi connectivity index (χ1) is 13.9. The molecule has 3 heterocycles. The quantitative estimate of drug-likeness (QED) is 0.487. The molecule has 29 heavy (non-hydrogen) atoms. The summed E-state index contributed by atoms with van der Waals surface area (Å²) in [6.45, 7) is 2.65. The number of fused-ring (bicyclic) bond motifs is 2. The van der Waals surface area contributed by atoms with Crippen LogP contribution < -0.4 is 4.90 Å². The summed E-state index contributed by atoms with van der Waals surface area (Å²) in [4.78, 5) is 9.74. The molecule has 1 fully saturated rings. The summed E-state index contributed by atoms with van der Waals surface area (Å²) in [7, 11) is 0. The molecule has 5 rings (SSSR count). The summed E-state index contributed by atoms with van der Waals surface area (Å²) in [5.74, 6) is -0.635. The second kappa shape index (κ2) is 6.50. The Morgan fingerprint density at radius 3 is 2.79 bits per heavy atom. The number of nitrogens with zero attached hydrogens (tertiary/aromatic N) is 3. The van der Waals surface area contributed by atoms with E-state index in [0.29, 0.717) is 18.8 Å². The van der Waals surface area contributed by atoms with Crippen molar-refractivity contribution in [2.45, 2.75) is 25.9 Å². The lowest BCUT2D eigenvalue weighted by atomic mass is 9.97. The summed E-state index contributed by atoms with van der Waals surface area (Å²) in [6, 6.07) is 11.6. The van der Waals surface area contributed by atoms with Crippen molar-refractivity contribution in [3.63, 3.8) is 0 Å². The van der Waals surface area contributed by atoms with E-state index in [9.17, 15) is 13.2 Å². The second-order valence-corrected chi connectivity index (χ2v) is 7.73. The fraction of sp³-hybridized carbons (Fsp3) is 0.333. The van der Waals surface area contributed by atoms with Crippen LogP contribution in [0.2, 0.25) is 0 Å². The van der Waals surface area contributed by atoms with Crippen LogP contribution >= 0.6 is 0 Å². The van der Waals surface area contributed by atoms with Crippen LogP contribution in [0.4, 0.5) is 18.9 Å². The zero-order chi connectivity index (χ0) is 20.2. The van der Waals surface area contributed by atoms with Crippen LogP contribution in [0.1, 0.15) is 18.4 Å². The minimum absolute atomic E-state index is 0.000713. The molecule has 0 saturated carbocycles. The van der Waals surface area contributed by atoms with Crippen molar-refractivity contribution in [1.82, 2.24) is 20.2 Å². The smallest absolute Gasteiger partial charge is 0.371 e. The van der Waals surface area contributed by atoms with Crippen LogP contribution in [-0.2, 0) is 0 Å². The highest BCUT2D eigenvalue weighted by atomic mass is 19.4. The molecule has 1 unspecified atom stereocenters. The van der Waals surface area contributed by atoms with E-state index in [2.05, 4.69) is 26.2 Å². The highest BCUT2D eigenvalue weighted by Gasteiger charge is 2.41. The standard InChI is InChI=1S/C21H20F3N5/c1-12-4-6-16-15(9-12)19(28-27-16)20-25-17-7-5-14(10-18(17)26-20)29-8-2-3-13(11-29)21(22,23)24/h4-7,9-10,13H,2-3,8,11H2,1H3,(H,25,26)(H,27,28). The van der Waals surface area contributed by atoms with Gasteiger partial charge in [0.1, 0.15) is 5.69 Å². The number of alkyl halides is 3. The first-order valence-corrected chi connectivity index (χ1v) is 9.65. The number of nitrogens with one attached hydrogen (secondary N) is 2. The third kappa shape index (κ3) is 3.22. The number of hydrogen-bond donors (Lipinski definition) is 2.